The molecular weight excluding hydrogens is 236 g/mol. The Morgan fingerprint density at radius 3 is 2.53 bits per heavy atom. The van der Waals surface area contributed by atoms with Crippen molar-refractivity contribution < 1.29 is 0 Å². The van der Waals surface area contributed by atoms with Crippen molar-refractivity contribution in [1.82, 2.24) is 9.97 Å². The van der Waals surface area contributed by atoms with Crippen LogP contribution in [0.1, 0.15) is 22.4 Å². The fraction of sp³-hybridized carbons (Fsp3) is 0.267. The number of rotatable bonds is 2. The van der Waals surface area contributed by atoms with Gasteiger partial charge >= 0.3 is 0 Å². The minimum Gasteiger partial charge on any atom is -0.329 e. The Morgan fingerprint density at radius 2 is 1.84 bits per heavy atom. The van der Waals surface area contributed by atoms with E-state index < -0.39 is 0 Å². The van der Waals surface area contributed by atoms with Crippen molar-refractivity contribution >= 4 is 11.5 Å². The van der Waals surface area contributed by atoms with Crippen molar-refractivity contribution in [1.29, 1.82) is 5.26 Å². The largest absolute Gasteiger partial charge is 0.329 e. The van der Waals surface area contributed by atoms with Gasteiger partial charge in [-0.05, 0) is 43.5 Å². The van der Waals surface area contributed by atoms with E-state index in [0.29, 0.717) is 5.69 Å². The van der Waals surface area contributed by atoms with Crippen LogP contribution in [0.5, 0.6) is 0 Å². The lowest BCUT2D eigenvalue weighted by Gasteiger charge is -2.22. The molecule has 0 aliphatic heterocycles. The average molecular weight is 252 g/mol. The van der Waals surface area contributed by atoms with Crippen molar-refractivity contribution in [2.24, 2.45) is 0 Å². The summed E-state index contributed by atoms with van der Waals surface area (Å²) in [5.74, 6) is 0.720. The zero-order chi connectivity index (χ0) is 14.0. The number of aromatic nitrogens is 2. The van der Waals surface area contributed by atoms with Gasteiger partial charge in [-0.2, -0.15) is 5.26 Å². The van der Waals surface area contributed by atoms with Gasteiger partial charge in [0.05, 0.1) is 0 Å². The summed E-state index contributed by atoms with van der Waals surface area (Å²) in [4.78, 5) is 10.1. The maximum absolute atomic E-state index is 8.89. The summed E-state index contributed by atoms with van der Waals surface area (Å²) in [5, 5.41) is 8.89. The van der Waals surface area contributed by atoms with Gasteiger partial charge in [0.15, 0.2) is 0 Å². The molecule has 0 saturated carbocycles. The van der Waals surface area contributed by atoms with Crippen molar-refractivity contribution in [3.05, 3.63) is 46.9 Å². The molecule has 4 heteroatoms. The Bertz CT molecular complexity index is 656. The van der Waals surface area contributed by atoms with E-state index in [9.17, 15) is 0 Å². The summed E-state index contributed by atoms with van der Waals surface area (Å²) in [7, 11) is 1.95. The lowest BCUT2D eigenvalue weighted by molar-refractivity contribution is 1.05. The molecular formula is C15H16N4. The van der Waals surface area contributed by atoms with Crippen LogP contribution in [0.4, 0.5) is 11.5 Å². The van der Waals surface area contributed by atoms with E-state index >= 15 is 0 Å². The number of hydrogen-bond donors (Lipinski definition) is 0. The van der Waals surface area contributed by atoms with Gasteiger partial charge < -0.3 is 4.90 Å². The van der Waals surface area contributed by atoms with Crippen molar-refractivity contribution in [2.45, 2.75) is 20.8 Å². The first-order valence-electron chi connectivity index (χ1n) is 6.07. The molecule has 19 heavy (non-hydrogen) atoms. The van der Waals surface area contributed by atoms with Gasteiger partial charge in [0.1, 0.15) is 23.9 Å². The van der Waals surface area contributed by atoms with E-state index in [1.165, 1.54) is 23.0 Å². The first-order chi connectivity index (χ1) is 9.04. The molecule has 0 N–H and O–H groups in total. The van der Waals surface area contributed by atoms with Gasteiger partial charge in [-0.25, -0.2) is 9.97 Å². The zero-order valence-electron chi connectivity index (χ0n) is 11.6. The van der Waals surface area contributed by atoms with Crippen molar-refractivity contribution in [3.8, 4) is 6.07 Å². The minimum absolute atomic E-state index is 0.373. The van der Waals surface area contributed by atoms with Crippen LogP contribution in [0.2, 0.25) is 0 Å². The third-order valence-corrected chi connectivity index (χ3v) is 3.50. The molecule has 0 radical (unpaired) electrons. The van der Waals surface area contributed by atoms with Gasteiger partial charge in [0, 0.05) is 18.8 Å². The van der Waals surface area contributed by atoms with E-state index in [4.69, 9.17) is 5.26 Å². The van der Waals surface area contributed by atoms with Crippen molar-refractivity contribution in [3.63, 3.8) is 0 Å². The van der Waals surface area contributed by atoms with Crippen LogP contribution < -0.4 is 4.90 Å². The Kier molecular flexibility index (Phi) is 3.48. The van der Waals surface area contributed by atoms with E-state index in [1.54, 1.807) is 6.07 Å². The van der Waals surface area contributed by atoms with Gasteiger partial charge in [0.2, 0.25) is 0 Å². The summed E-state index contributed by atoms with van der Waals surface area (Å²) in [5.41, 5.74) is 5.23. The van der Waals surface area contributed by atoms with Crippen LogP contribution in [0.25, 0.3) is 0 Å². The molecule has 1 heterocycles. The molecule has 0 fully saturated rings. The number of nitrogens with zero attached hydrogens (tertiary/aromatic N) is 4. The molecule has 2 aromatic rings. The monoisotopic (exact) mass is 252 g/mol. The summed E-state index contributed by atoms with van der Waals surface area (Å²) < 4.78 is 0. The second-order valence-corrected chi connectivity index (χ2v) is 4.58. The van der Waals surface area contributed by atoms with Gasteiger partial charge in [0.25, 0.3) is 0 Å². The van der Waals surface area contributed by atoms with Gasteiger partial charge in [-0.3, -0.25) is 0 Å². The highest BCUT2D eigenvalue weighted by atomic mass is 15.2. The molecule has 0 aliphatic carbocycles. The number of hydrogen-bond acceptors (Lipinski definition) is 4. The SMILES string of the molecule is Cc1ccc(N(C)c2cc(C#N)ncn2)c(C)c1C. The molecule has 4 nitrogen and oxygen atoms in total. The van der Waals surface area contributed by atoms with E-state index in [0.717, 1.165) is 11.5 Å². The van der Waals surface area contributed by atoms with Crippen LogP contribution in [0.3, 0.4) is 0 Å². The van der Waals surface area contributed by atoms with Crippen LogP contribution in [-0.4, -0.2) is 17.0 Å². The molecule has 1 aromatic heterocycles. The molecule has 1 aromatic carbocycles. The number of aryl methyl sites for hydroxylation is 1. The minimum atomic E-state index is 0.373. The van der Waals surface area contributed by atoms with E-state index in [-0.39, 0.29) is 0 Å². The van der Waals surface area contributed by atoms with E-state index in [2.05, 4.69) is 42.9 Å². The first-order valence-corrected chi connectivity index (χ1v) is 6.07. The highest BCUT2D eigenvalue weighted by molar-refractivity contribution is 5.65. The summed E-state index contributed by atoms with van der Waals surface area (Å²) in [6, 6.07) is 7.89. The van der Waals surface area contributed by atoms with Crippen LogP contribution in [0, 0.1) is 32.1 Å². The Hall–Kier alpha value is -2.41. The lowest BCUT2D eigenvalue weighted by atomic mass is 10.0. The second-order valence-electron chi connectivity index (χ2n) is 4.58. The molecule has 0 aliphatic rings. The first kappa shape index (κ1) is 13.0. The lowest BCUT2D eigenvalue weighted by Crippen LogP contribution is -2.13. The maximum atomic E-state index is 8.89. The number of nitriles is 1. The summed E-state index contributed by atoms with van der Waals surface area (Å²) in [6.07, 6.45) is 1.42. The second kappa shape index (κ2) is 5.07. The molecule has 0 atom stereocenters. The molecule has 0 unspecified atom stereocenters. The van der Waals surface area contributed by atoms with Crippen molar-refractivity contribution in [2.75, 3.05) is 11.9 Å². The summed E-state index contributed by atoms with van der Waals surface area (Å²) in [6.45, 7) is 6.31. The molecule has 2 rings (SSSR count). The topological polar surface area (TPSA) is 52.8 Å². The molecule has 0 bridgehead atoms. The standard InChI is InChI=1S/C15H16N4/c1-10-5-6-14(12(3)11(10)2)19(4)15-7-13(8-16)17-9-18-15/h5-7,9H,1-4H3. The number of benzene rings is 1. The highest BCUT2D eigenvalue weighted by Gasteiger charge is 2.11. The molecule has 0 amide bonds. The Labute approximate surface area is 113 Å². The molecule has 0 spiro atoms. The average Bonchev–Trinajstić information content (AvgIpc) is 2.44. The maximum Gasteiger partial charge on any atom is 0.145 e. The van der Waals surface area contributed by atoms with Crippen LogP contribution in [0.15, 0.2) is 24.5 Å². The van der Waals surface area contributed by atoms with Crippen LogP contribution in [-0.2, 0) is 0 Å². The normalized spacial score (nSPS) is 10.1. The summed E-state index contributed by atoms with van der Waals surface area (Å²) >= 11 is 0. The quantitative estimate of drug-likeness (QED) is 0.824. The molecule has 96 valence electrons. The fourth-order valence-corrected chi connectivity index (χ4v) is 2.02. The van der Waals surface area contributed by atoms with Gasteiger partial charge in [-0.1, -0.05) is 6.07 Å². The predicted octanol–water partition coefficient (Wildman–Crippen LogP) is 3.04. The van der Waals surface area contributed by atoms with E-state index in [1.807, 2.05) is 18.0 Å². The Balaban J connectivity index is 2.47. The third kappa shape index (κ3) is 2.41. The molecule has 0 saturated heterocycles. The smallest absolute Gasteiger partial charge is 0.145 e. The fourth-order valence-electron chi connectivity index (χ4n) is 2.02. The zero-order valence-corrected chi connectivity index (χ0v) is 11.6. The highest BCUT2D eigenvalue weighted by Crippen LogP contribution is 2.28. The van der Waals surface area contributed by atoms with Crippen LogP contribution >= 0.6 is 0 Å². The van der Waals surface area contributed by atoms with Gasteiger partial charge in [-0.15, -0.1) is 0 Å². The predicted molar refractivity (Wildman–Crippen MR) is 75.5 cm³/mol. The third-order valence-electron chi connectivity index (χ3n) is 3.50. The number of anilines is 2. The Morgan fingerprint density at radius 1 is 1.11 bits per heavy atom.